The lowest BCUT2D eigenvalue weighted by molar-refractivity contribution is 0.532. The first-order valence-corrected chi connectivity index (χ1v) is 12.3. The Hall–Kier alpha value is -0.880. The van der Waals surface area contributed by atoms with E-state index in [2.05, 4.69) is 34.7 Å². The number of nitrogens with one attached hydrogen (secondary N) is 4. The van der Waals surface area contributed by atoms with Crippen LogP contribution in [0.4, 0.5) is 0 Å². The second-order valence-corrected chi connectivity index (χ2v) is 9.46. The number of hydrogen-bond donors (Lipinski definition) is 4. The Bertz CT molecular complexity index is 463. The summed E-state index contributed by atoms with van der Waals surface area (Å²) >= 11 is 0. The molecule has 0 unspecified atom stereocenters. The second kappa shape index (κ2) is 20.7. The first-order chi connectivity index (χ1) is 14.2. The maximum Gasteiger partial charge on any atom is 0.132 e. The Morgan fingerprint density at radius 2 is 0.844 bits per heavy atom. The summed E-state index contributed by atoms with van der Waals surface area (Å²) in [5.74, 6) is 0.782. The van der Waals surface area contributed by atoms with Crippen molar-refractivity contribution in [3.63, 3.8) is 0 Å². The van der Waals surface area contributed by atoms with Gasteiger partial charge >= 0.3 is 0 Å². The van der Waals surface area contributed by atoms with Crippen molar-refractivity contribution in [2.75, 3.05) is 13.1 Å². The Balaban J connectivity index is -0.00000420. The molecule has 0 aromatic rings. The highest BCUT2D eigenvalue weighted by Gasteiger charge is 2.28. The van der Waals surface area contributed by atoms with Gasteiger partial charge in [0.25, 0.3) is 0 Å². The van der Waals surface area contributed by atoms with Crippen molar-refractivity contribution < 1.29 is 0 Å². The van der Waals surface area contributed by atoms with E-state index in [9.17, 15) is 0 Å². The van der Waals surface area contributed by atoms with E-state index >= 15 is 0 Å². The Morgan fingerprint density at radius 3 is 1.16 bits per heavy atom. The molecule has 8 heteroatoms. The van der Waals surface area contributed by atoms with E-state index in [1.807, 2.05) is 27.7 Å². The van der Waals surface area contributed by atoms with Crippen LogP contribution >= 0.6 is 24.8 Å². The second-order valence-electron chi connectivity index (χ2n) is 9.46. The standard InChI is InChI=1S/C24H50N6.2ClH/c1-7-9-11-13-15-17-19-27-21(25)23(3,4)29-30-24(5,6)22(26)28-20-18-16-14-12-10-8-2;;/h7-20H2,1-6H3,(H2,25,27)(H2,26,28);2*1H/b30-29+;;. The van der Waals surface area contributed by atoms with Gasteiger partial charge in [-0.1, -0.05) is 78.1 Å². The van der Waals surface area contributed by atoms with Crippen LogP contribution in [0.3, 0.4) is 0 Å². The van der Waals surface area contributed by atoms with Crippen LogP contribution in [0, 0.1) is 10.8 Å². The molecule has 0 spiro atoms. The normalized spacial score (nSPS) is 11.6. The topological polar surface area (TPSA) is 96.5 Å². The van der Waals surface area contributed by atoms with Crippen molar-refractivity contribution in [2.45, 2.75) is 130 Å². The van der Waals surface area contributed by atoms with Gasteiger partial charge in [-0.05, 0) is 40.5 Å². The minimum absolute atomic E-state index is 0. The molecule has 0 atom stereocenters. The van der Waals surface area contributed by atoms with Crippen molar-refractivity contribution in [1.29, 1.82) is 10.8 Å². The number of azo groups is 1. The molecule has 0 radical (unpaired) electrons. The van der Waals surface area contributed by atoms with Crippen molar-refractivity contribution in [3.05, 3.63) is 0 Å². The molecule has 0 aromatic heterocycles. The highest BCUT2D eigenvalue weighted by molar-refractivity contribution is 5.89. The van der Waals surface area contributed by atoms with Gasteiger partial charge in [-0.15, -0.1) is 24.8 Å². The van der Waals surface area contributed by atoms with E-state index in [1.165, 1.54) is 64.2 Å². The summed E-state index contributed by atoms with van der Waals surface area (Å²) in [6, 6.07) is 0. The highest BCUT2D eigenvalue weighted by atomic mass is 35.5. The molecule has 0 heterocycles. The van der Waals surface area contributed by atoms with E-state index in [0.717, 1.165) is 25.9 Å². The van der Waals surface area contributed by atoms with Gasteiger partial charge in [0.15, 0.2) is 0 Å². The van der Waals surface area contributed by atoms with Crippen molar-refractivity contribution in [3.8, 4) is 0 Å². The van der Waals surface area contributed by atoms with Gasteiger partial charge in [-0.2, -0.15) is 10.2 Å². The maximum atomic E-state index is 8.32. The summed E-state index contributed by atoms with van der Waals surface area (Å²) in [5, 5.41) is 31.9. The van der Waals surface area contributed by atoms with Crippen molar-refractivity contribution in [2.24, 2.45) is 10.2 Å². The number of amidine groups is 2. The summed E-state index contributed by atoms with van der Waals surface area (Å²) in [6.45, 7) is 13.7. The minimum Gasteiger partial charge on any atom is -0.372 e. The highest BCUT2D eigenvalue weighted by Crippen LogP contribution is 2.17. The lowest BCUT2D eigenvalue weighted by Crippen LogP contribution is -2.43. The average molecular weight is 496 g/mol. The van der Waals surface area contributed by atoms with Gasteiger partial charge in [0, 0.05) is 13.1 Å². The minimum atomic E-state index is -0.709. The molecule has 0 aromatic carbocycles. The third-order valence-corrected chi connectivity index (χ3v) is 5.44. The van der Waals surface area contributed by atoms with Crippen LogP contribution in [0.1, 0.15) is 119 Å². The van der Waals surface area contributed by atoms with Gasteiger partial charge in [0.05, 0.1) is 0 Å². The van der Waals surface area contributed by atoms with Crippen LogP contribution in [0.5, 0.6) is 0 Å². The first kappa shape index (κ1) is 35.7. The van der Waals surface area contributed by atoms with E-state index < -0.39 is 11.1 Å². The van der Waals surface area contributed by atoms with Crippen molar-refractivity contribution in [1.82, 2.24) is 10.6 Å². The maximum absolute atomic E-state index is 8.32. The molecule has 0 aliphatic rings. The van der Waals surface area contributed by atoms with Gasteiger partial charge in [0.1, 0.15) is 22.7 Å². The molecular weight excluding hydrogens is 443 g/mol. The zero-order valence-electron chi connectivity index (χ0n) is 21.6. The molecule has 0 fully saturated rings. The molecule has 0 bridgehead atoms. The molecule has 0 rings (SSSR count). The fourth-order valence-corrected chi connectivity index (χ4v) is 3.02. The fourth-order valence-electron chi connectivity index (χ4n) is 3.02. The average Bonchev–Trinajstić information content (AvgIpc) is 2.70. The monoisotopic (exact) mass is 494 g/mol. The molecule has 0 aliphatic heterocycles. The molecule has 0 saturated heterocycles. The van der Waals surface area contributed by atoms with Gasteiger partial charge in [-0.3, -0.25) is 10.8 Å². The number of rotatable bonds is 18. The summed E-state index contributed by atoms with van der Waals surface area (Å²) in [6.07, 6.45) is 14.9. The first-order valence-electron chi connectivity index (χ1n) is 12.3. The fraction of sp³-hybridized carbons (Fsp3) is 0.917. The van der Waals surface area contributed by atoms with Gasteiger partial charge in [-0.25, -0.2) is 0 Å². The quantitative estimate of drug-likeness (QED) is 0.0678. The summed E-state index contributed by atoms with van der Waals surface area (Å²) < 4.78 is 0. The van der Waals surface area contributed by atoms with E-state index in [4.69, 9.17) is 10.8 Å². The zero-order chi connectivity index (χ0) is 22.9. The van der Waals surface area contributed by atoms with E-state index in [1.54, 1.807) is 0 Å². The SMILES string of the molecule is CCCCCCCCNC(=N)C(C)(C)/N=N/C(C)(C)C(=N)NCCCCCCCC.Cl.Cl. The van der Waals surface area contributed by atoms with Crippen LogP contribution in [0.15, 0.2) is 10.2 Å². The predicted octanol–water partition coefficient (Wildman–Crippen LogP) is 7.69. The summed E-state index contributed by atoms with van der Waals surface area (Å²) in [7, 11) is 0. The van der Waals surface area contributed by atoms with Gasteiger partial charge in [0.2, 0.25) is 0 Å². The molecule has 32 heavy (non-hydrogen) atoms. The number of nitrogens with zero attached hydrogens (tertiary/aromatic N) is 2. The number of halogens is 2. The molecule has 0 saturated carbocycles. The van der Waals surface area contributed by atoms with Crippen LogP contribution in [-0.2, 0) is 0 Å². The third kappa shape index (κ3) is 17.6. The molecule has 4 N–H and O–H groups in total. The summed E-state index contributed by atoms with van der Waals surface area (Å²) in [4.78, 5) is 0. The Kier molecular flexibility index (Phi) is 23.1. The lowest BCUT2D eigenvalue weighted by atomic mass is 10.0. The Morgan fingerprint density at radius 1 is 0.562 bits per heavy atom. The summed E-state index contributed by atoms with van der Waals surface area (Å²) in [5.41, 5.74) is -1.42. The number of unbranched alkanes of at least 4 members (excludes halogenated alkanes) is 10. The van der Waals surface area contributed by atoms with E-state index in [0.29, 0.717) is 11.7 Å². The molecule has 192 valence electrons. The molecule has 0 amide bonds. The van der Waals surface area contributed by atoms with Crippen LogP contribution in [-0.4, -0.2) is 35.8 Å². The van der Waals surface area contributed by atoms with Crippen LogP contribution < -0.4 is 10.6 Å². The Labute approximate surface area is 210 Å². The van der Waals surface area contributed by atoms with Gasteiger partial charge < -0.3 is 10.6 Å². The predicted molar refractivity (Wildman–Crippen MR) is 146 cm³/mol. The van der Waals surface area contributed by atoms with E-state index in [-0.39, 0.29) is 24.8 Å². The number of hydrogen-bond acceptors (Lipinski definition) is 4. The van der Waals surface area contributed by atoms with Crippen LogP contribution in [0.25, 0.3) is 0 Å². The van der Waals surface area contributed by atoms with Crippen LogP contribution in [0.2, 0.25) is 0 Å². The largest absolute Gasteiger partial charge is 0.372 e. The smallest absolute Gasteiger partial charge is 0.132 e. The van der Waals surface area contributed by atoms with Crippen molar-refractivity contribution >= 4 is 36.5 Å². The molecule has 0 aliphatic carbocycles. The molecule has 6 nitrogen and oxygen atoms in total. The third-order valence-electron chi connectivity index (χ3n) is 5.44. The molecular formula is C24H52Cl2N6. The zero-order valence-corrected chi connectivity index (χ0v) is 23.2. The lowest BCUT2D eigenvalue weighted by Gasteiger charge is -2.25.